The molecule has 4 rings (SSSR count). The fraction of sp³-hybridized carbons (Fsp3) is 0.364. The summed E-state index contributed by atoms with van der Waals surface area (Å²) < 4.78 is 38.7. The van der Waals surface area contributed by atoms with Crippen LogP contribution in [0.1, 0.15) is 41.7 Å². The van der Waals surface area contributed by atoms with E-state index in [0.29, 0.717) is 0 Å². The zero-order chi connectivity index (χ0) is 32.8. The summed E-state index contributed by atoms with van der Waals surface area (Å²) in [6.45, 7) is 5.72. The van der Waals surface area contributed by atoms with E-state index in [-0.39, 0.29) is 36.9 Å². The van der Waals surface area contributed by atoms with Gasteiger partial charge in [-0.15, -0.1) is 11.8 Å². The minimum Gasteiger partial charge on any atom is -0.381 e. The first-order chi connectivity index (χ1) is 21.3. The maximum atomic E-state index is 13.8. The van der Waals surface area contributed by atoms with Crippen molar-refractivity contribution in [1.82, 2.24) is 20.9 Å². The molecule has 0 bridgehead atoms. The molecule has 1 saturated heterocycles. The molecule has 3 aromatic rings. The summed E-state index contributed by atoms with van der Waals surface area (Å²) in [4.78, 5) is 41.5. The maximum absolute atomic E-state index is 13.8. The summed E-state index contributed by atoms with van der Waals surface area (Å²) in [6.07, 6.45) is -6.16. The van der Waals surface area contributed by atoms with Gasteiger partial charge in [-0.05, 0) is 61.6 Å². The van der Waals surface area contributed by atoms with Crippen LogP contribution in [0.2, 0.25) is 0 Å². The van der Waals surface area contributed by atoms with Crippen LogP contribution in [0.15, 0.2) is 78.9 Å². The number of hydrogen-bond donors (Lipinski definition) is 4. The number of halogens is 3. The molecule has 0 aromatic heterocycles. The molecule has 8 nitrogen and oxygen atoms in total. The number of rotatable bonds is 10. The molecule has 0 unspecified atom stereocenters. The van der Waals surface area contributed by atoms with E-state index < -0.39 is 46.6 Å². The Morgan fingerprint density at radius 3 is 2.31 bits per heavy atom. The molecule has 0 aliphatic carbocycles. The van der Waals surface area contributed by atoms with Crippen molar-refractivity contribution in [3.63, 3.8) is 0 Å². The predicted octanol–water partition coefficient (Wildman–Crippen LogP) is 4.78. The first-order valence-corrected chi connectivity index (χ1v) is 15.4. The van der Waals surface area contributed by atoms with E-state index in [0.717, 1.165) is 28.8 Å². The molecule has 0 saturated carbocycles. The molecule has 1 fully saturated rings. The number of nitrogens with one attached hydrogen (secondary N) is 3. The number of amides is 4. The maximum Gasteiger partial charge on any atom is 0.416 e. The van der Waals surface area contributed by atoms with Crippen molar-refractivity contribution in [2.45, 2.75) is 69.4 Å². The van der Waals surface area contributed by atoms with Crippen molar-refractivity contribution in [2.75, 3.05) is 5.88 Å². The molecular weight excluding hydrogens is 605 g/mol. The third-order valence-corrected chi connectivity index (χ3v) is 9.12. The highest BCUT2D eigenvalue weighted by atomic mass is 32.2. The number of carbonyl (C=O) groups is 3. The minimum absolute atomic E-state index is 0.0826. The van der Waals surface area contributed by atoms with Crippen LogP contribution in [0, 0.1) is 6.92 Å². The lowest BCUT2D eigenvalue weighted by atomic mass is 9.97. The van der Waals surface area contributed by atoms with E-state index in [1.54, 1.807) is 30.3 Å². The van der Waals surface area contributed by atoms with Gasteiger partial charge in [-0.1, -0.05) is 66.7 Å². The van der Waals surface area contributed by atoms with Crippen LogP contribution in [-0.4, -0.2) is 56.7 Å². The molecule has 0 radical (unpaired) electrons. The smallest absolute Gasteiger partial charge is 0.381 e. The Kier molecular flexibility index (Phi) is 10.8. The second kappa shape index (κ2) is 14.4. The SMILES string of the molecule is Cc1ccccc1CNC(=O)[C@H]1N(C(=O)[C@@H](O)[C@H](Cc2ccccc2)NC(=O)NCc2cccc(C(F)(F)F)c2)CSC1(C)C. The number of urea groups is 1. The standard InChI is InChI=1S/C33H37F3N4O4S/c1-21-10-7-8-14-24(21)19-37-29(42)28-32(2,3)45-20-40(28)30(43)27(41)26(17-22-11-5-4-6-12-22)39-31(44)38-18-23-13-9-15-25(16-23)33(34,35)36/h4-16,26-28,41H,17-20H2,1-3H3,(H,37,42)(H2,38,39,44)/t26-,27-,28+/m0/s1. The number of aliphatic hydroxyl groups excluding tert-OH is 1. The number of nitrogens with zero attached hydrogens (tertiary/aromatic N) is 1. The fourth-order valence-electron chi connectivity index (χ4n) is 5.21. The van der Waals surface area contributed by atoms with Gasteiger partial charge in [-0.25, -0.2) is 4.79 Å². The van der Waals surface area contributed by atoms with Crippen LogP contribution < -0.4 is 16.0 Å². The average Bonchev–Trinajstić information content (AvgIpc) is 3.33. The zero-order valence-corrected chi connectivity index (χ0v) is 26.0. The van der Waals surface area contributed by atoms with Crippen molar-refractivity contribution in [1.29, 1.82) is 0 Å². The van der Waals surface area contributed by atoms with E-state index in [1.165, 1.54) is 28.8 Å². The highest BCUT2D eigenvalue weighted by Gasteiger charge is 2.49. The third kappa shape index (κ3) is 8.79. The van der Waals surface area contributed by atoms with Crippen molar-refractivity contribution in [3.8, 4) is 0 Å². The van der Waals surface area contributed by atoms with Gasteiger partial charge in [0, 0.05) is 17.8 Å². The first kappa shape index (κ1) is 33.9. The fourth-order valence-corrected chi connectivity index (χ4v) is 6.35. The summed E-state index contributed by atoms with van der Waals surface area (Å²) in [5.41, 5.74) is 2.08. The van der Waals surface area contributed by atoms with Gasteiger partial charge in [-0.3, -0.25) is 9.59 Å². The molecule has 12 heteroatoms. The van der Waals surface area contributed by atoms with Crippen molar-refractivity contribution < 1.29 is 32.7 Å². The van der Waals surface area contributed by atoms with E-state index in [4.69, 9.17) is 0 Å². The molecule has 240 valence electrons. The lowest BCUT2D eigenvalue weighted by Gasteiger charge is -2.33. The zero-order valence-electron chi connectivity index (χ0n) is 25.2. The lowest BCUT2D eigenvalue weighted by molar-refractivity contribution is -0.147. The molecular formula is C33H37F3N4O4S. The quantitative estimate of drug-likeness (QED) is 0.255. The van der Waals surface area contributed by atoms with Gasteiger partial charge >= 0.3 is 12.2 Å². The Morgan fingerprint density at radius 2 is 1.62 bits per heavy atom. The minimum atomic E-state index is -4.53. The van der Waals surface area contributed by atoms with Crippen LogP contribution >= 0.6 is 11.8 Å². The van der Waals surface area contributed by atoms with Crippen LogP contribution in [0.4, 0.5) is 18.0 Å². The Bertz CT molecular complexity index is 1500. The Labute approximate surface area is 264 Å². The molecule has 1 heterocycles. The van der Waals surface area contributed by atoms with Gasteiger partial charge in [0.25, 0.3) is 5.91 Å². The number of alkyl halides is 3. The molecule has 0 spiro atoms. The van der Waals surface area contributed by atoms with E-state index in [9.17, 15) is 32.7 Å². The van der Waals surface area contributed by atoms with Crippen LogP contribution in [-0.2, 0) is 35.3 Å². The normalized spacial score (nSPS) is 17.3. The number of hydrogen-bond acceptors (Lipinski definition) is 5. The van der Waals surface area contributed by atoms with Crippen LogP contribution in [0.25, 0.3) is 0 Å². The Hall–Kier alpha value is -4.03. The number of thioether (sulfide) groups is 1. The number of aryl methyl sites for hydroxylation is 1. The third-order valence-electron chi connectivity index (χ3n) is 7.75. The molecule has 4 N–H and O–H groups in total. The lowest BCUT2D eigenvalue weighted by Crippen LogP contribution is -2.59. The van der Waals surface area contributed by atoms with Gasteiger partial charge in [0.05, 0.1) is 17.5 Å². The second-order valence-electron chi connectivity index (χ2n) is 11.5. The van der Waals surface area contributed by atoms with Gasteiger partial charge in [0.15, 0.2) is 6.10 Å². The molecule has 3 aromatic carbocycles. The average molecular weight is 643 g/mol. The Balaban J connectivity index is 1.48. The van der Waals surface area contributed by atoms with E-state index in [1.807, 2.05) is 45.0 Å². The van der Waals surface area contributed by atoms with Gasteiger partial charge in [0.2, 0.25) is 5.91 Å². The van der Waals surface area contributed by atoms with Crippen molar-refractivity contribution in [3.05, 3.63) is 107 Å². The van der Waals surface area contributed by atoms with Gasteiger partial charge in [-0.2, -0.15) is 13.2 Å². The summed E-state index contributed by atoms with van der Waals surface area (Å²) in [7, 11) is 0. The summed E-state index contributed by atoms with van der Waals surface area (Å²) in [6, 6.07) is 18.4. The van der Waals surface area contributed by atoms with Gasteiger partial charge < -0.3 is 26.0 Å². The van der Waals surface area contributed by atoms with Crippen molar-refractivity contribution >= 4 is 29.6 Å². The Morgan fingerprint density at radius 1 is 0.956 bits per heavy atom. The number of aliphatic hydroxyl groups is 1. The van der Waals surface area contributed by atoms with Crippen LogP contribution in [0.3, 0.4) is 0 Å². The monoisotopic (exact) mass is 642 g/mol. The van der Waals surface area contributed by atoms with E-state index in [2.05, 4.69) is 16.0 Å². The predicted molar refractivity (Wildman–Crippen MR) is 167 cm³/mol. The molecule has 1 aliphatic rings. The molecule has 45 heavy (non-hydrogen) atoms. The summed E-state index contributed by atoms with van der Waals surface area (Å²) >= 11 is 1.41. The largest absolute Gasteiger partial charge is 0.416 e. The van der Waals surface area contributed by atoms with Crippen molar-refractivity contribution in [2.24, 2.45) is 0 Å². The highest BCUT2D eigenvalue weighted by molar-refractivity contribution is 8.00. The highest BCUT2D eigenvalue weighted by Crippen LogP contribution is 2.40. The van der Waals surface area contributed by atoms with Crippen LogP contribution in [0.5, 0.6) is 0 Å². The number of benzene rings is 3. The topological polar surface area (TPSA) is 111 Å². The summed E-state index contributed by atoms with van der Waals surface area (Å²) in [5.74, 6) is -0.922. The van der Waals surface area contributed by atoms with E-state index >= 15 is 0 Å². The molecule has 3 atom stereocenters. The number of carbonyl (C=O) groups excluding carboxylic acids is 3. The molecule has 1 aliphatic heterocycles. The second-order valence-corrected chi connectivity index (χ2v) is 13.1. The van der Waals surface area contributed by atoms with Gasteiger partial charge in [0.1, 0.15) is 6.04 Å². The summed E-state index contributed by atoms with van der Waals surface area (Å²) in [5, 5.41) is 19.4. The first-order valence-electron chi connectivity index (χ1n) is 14.5. The molecule has 4 amide bonds.